The molecule has 28 heavy (non-hydrogen) atoms. The number of halogens is 1. The molecular weight excluding hydrogens is 357 g/mol. The van der Waals surface area contributed by atoms with Crippen LogP contribution < -0.4 is 9.80 Å². The first kappa shape index (κ1) is 20.0. The van der Waals surface area contributed by atoms with Gasteiger partial charge in [-0.25, -0.2) is 4.39 Å². The number of carbonyl (C=O) groups excluding carboxylic acids is 2. The van der Waals surface area contributed by atoms with Crippen LogP contribution in [0, 0.1) is 5.82 Å². The summed E-state index contributed by atoms with van der Waals surface area (Å²) in [5, 5.41) is 0. The van der Waals surface area contributed by atoms with Crippen LogP contribution in [0.25, 0.3) is 0 Å². The average molecular weight is 383 g/mol. The molecule has 148 valence electrons. The zero-order chi connectivity index (χ0) is 20.1. The number of nitrogens with zero attached hydrogens (tertiary/aromatic N) is 3. The van der Waals surface area contributed by atoms with E-state index in [2.05, 4.69) is 4.90 Å². The fraction of sp³-hybridized carbons (Fsp3) is 0.364. The lowest BCUT2D eigenvalue weighted by Gasteiger charge is -2.36. The van der Waals surface area contributed by atoms with Gasteiger partial charge >= 0.3 is 0 Å². The van der Waals surface area contributed by atoms with Crippen LogP contribution in [0.5, 0.6) is 0 Å². The molecule has 2 aromatic carbocycles. The summed E-state index contributed by atoms with van der Waals surface area (Å²) in [4.78, 5) is 30.0. The number of anilines is 2. The predicted molar refractivity (Wildman–Crippen MR) is 110 cm³/mol. The van der Waals surface area contributed by atoms with Crippen molar-refractivity contribution < 1.29 is 14.0 Å². The van der Waals surface area contributed by atoms with Crippen molar-refractivity contribution in [1.82, 2.24) is 4.90 Å². The normalized spacial score (nSPS) is 14.8. The number of hydrogen-bond donors (Lipinski definition) is 0. The van der Waals surface area contributed by atoms with E-state index in [4.69, 9.17) is 0 Å². The Labute approximate surface area is 165 Å². The Morgan fingerprint density at radius 3 is 2.29 bits per heavy atom. The highest BCUT2D eigenvalue weighted by Gasteiger charge is 2.23. The van der Waals surface area contributed by atoms with Crippen molar-refractivity contribution in [2.45, 2.75) is 13.8 Å². The quantitative estimate of drug-likeness (QED) is 0.719. The number of benzene rings is 2. The van der Waals surface area contributed by atoms with E-state index < -0.39 is 0 Å². The number of carbonyl (C=O) groups is 2. The minimum Gasteiger partial charge on any atom is -0.367 e. The van der Waals surface area contributed by atoms with Gasteiger partial charge in [-0.1, -0.05) is 18.2 Å². The summed E-state index contributed by atoms with van der Waals surface area (Å²) in [5.41, 5.74) is 1.79. The van der Waals surface area contributed by atoms with Gasteiger partial charge in [0.05, 0.1) is 12.2 Å². The molecule has 0 unspecified atom stereocenters. The first-order valence-electron chi connectivity index (χ1n) is 9.62. The van der Waals surface area contributed by atoms with Crippen LogP contribution >= 0.6 is 0 Å². The summed E-state index contributed by atoms with van der Waals surface area (Å²) < 4.78 is 14.4. The Morgan fingerprint density at radius 2 is 1.71 bits per heavy atom. The molecule has 1 fully saturated rings. The number of Topliss-reactive ketones (excluding diaryl/α,β-unsaturated/α-hetero) is 1. The summed E-state index contributed by atoms with van der Waals surface area (Å²) in [6, 6.07) is 14.3. The van der Waals surface area contributed by atoms with Crippen LogP contribution in [0.3, 0.4) is 0 Å². The van der Waals surface area contributed by atoms with Crippen LogP contribution in [0.4, 0.5) is 15.8 Å². The molecule has 1 heterocycles. The summed E-state index contributed by atoms with van der Waals surface area (Å²) in [7, 11) is 0. The lowest BCUT2D eigenvalue weighted by molar-refractivity contribution is -0.119. The summed E-state index contributed by atoms with van der Waals surface area (Å²) in [6.07, 6.45) is 0. The highest BCUT2D eigenvalue weighted by molar-refractivity contribution is 5.95. The molecule has 0 spiro atoms. The van der Waals surface area contributed by atoms with Crippen LogP contribution in [0.1, 0.15) is 24.2 Å². The Morgan fingerprint density at radius 1 is 1.04 bits per heavy atom. The van der Waals surface area contributed by atoms with Crippen LogP contribution in [0.15, 0.2) is 48.5 Å². The lowest BCUT2D eigenvalue weighted by Crippen LogP contribution is -2.50. The average Bonchev–Trinajstić information content (AvgIpc) is 2.70. The minimum atomic E-state index is -0.376. The SMILES string of the molecule is CCN(C(=O)CN1CCN(c2ccc(C(C)=O)cc2F)CC1)c1ccccc1. The van der Waals surface area contributed by atoms with E-state index in [0.29, 0.717) is 50.5 Å². The highest BCUT2D eigenvalue weighted by atomic mass is 19.1. The number of piperazine rings is 1. The molecular formula is C22H26FN3O2. The molecule has 6 heteroatoms. The van der Waals surface area contributed by atoms with E-state index >= 15 is 0 Å². The summed E-state index contributed by atoms with van der Waals surface area (Å²) in [6.45, 7) is 7.02. The van der Waals surface area contributed by atoms with Crippen molar-refractivity contribution in [1.29, 1.82) is 0 Å². The Kier molecular flexibility index (Phi) is 6.41. The van der Waals surface area contributed by atoms with Crippen LogP contribution in [-0.2, 0) is 4.79 Å². The second-order valence-corrected chi connectivity index (χ2v) is 6.96. The predicted octanol–water partition coefficient (Wildman–Crippen LogP) is 3.20. The van der Waals surface area contributed by atoms with Crippen LogP contribution in [0.2, 0.25) is 0 Å². The van der Waals surface area contributed by atoms with E-state index in [9.17, 15) is 14.0 Å². The number of para-hydroxylation sites is 1. The minimum absolute atomic E-state index is 0.0686. The lowest BCUT2D eigenvalue weighted by atomic mass is 10.1. The molecule has 0 radical (unpaired) electrons. The molecule has 3 rings (SSSR count). The molecule has 0 N–H and O–H groups in total. The third-order valence-electron chi connectivity index (χ3n) is 5.11. The number of rotatable bonds is 6. The Hall–Kier alpha value is -2.73. The third-order valence-corrected chi connectivity index (χ3v) is 5.11. The molecule has 0 aliphatic carbocycles. The highest BCUT2D eigenvalue weighted by Crippen LogP contribution is 2.22. The molecule has 1 amide bonds. The Bertz CT molecular complexity index is 833. The van der Waals surface area contributed by atoms with Gasteiger partial charge in [-0.15, -0.1) is 0 Å². The monoisotopic (exact) mass is 383 g/mol. The van der Waals surface area contributed by atoms with E-state index in [1.54, 1.807) is 17.0 Å². The third kappa shape index (κ3) is 4.57. The zero-order valence-electron chi connectivity index (χ0n) is 16.4. The van der Waals surface area contributed by atoms with E-state index in [1.807, 2.05) is 42.2 Å². The van der Waals surface area contributed by atoms with Crippen molar-refractivity contribution in [2.75, 3.05) is 49.1 Å². The fourth-order valence-corrected chi connectivity index (χ4v) is 3.52. The molecule has 1 aliphatic rings. The van der Waals surface area contributed by atoms with Gasteiger partial charge in [0.2, 0.25) is 5.91 Å². The van der Waals surface area contributed by atoms with Gasteiger partial charge in [0.1, 0.15) is 5.82 Å². The van der Waals surface area contributed by atoms with E-state index in [1.165, 1.54) is 13.0 Å². The number of hydrogen-bond acceptors (Lipinski definition) is 4. The van der Waals surface area contributed by atoms with Crippen molar-refractivity contribution in [2.24, 2.45) is 0 Å². The number of likely N-dealkylation sites (N-methyl/N-ethyl adjacent to an activating group) is 1. The van der Waals surface area contributed by atoms with Gasteiger partial charge in [-0.2, -0.15) is 0 Å². The molecule has 0 bridgehead atoms. The van der Waals surface area contributed by atoms with Crippen molar-refractivity contribution >= 4 is 23.1 Å². The fourth-order valence-electron chi connectivity index (χ4n) is 3.52. The zero-order valence-corrected chi connectivity index (χ0v) is 16.4. The molecule has 5 nitrogen and oxygen atoms in total. The van der Waals surface area contributed by atoms with Gasteiger partial charge in [0, 0.05) is 44.0 Å². The second kappa shape index (κ2) is 8.97. The molecule has 2 aromatic rings. The van der Waals surface area contributed by atoms with Crippen molar-refractivity contribution in [3.63, 3.8) is 0 Å². The molecule has 1 saturated heterocycles. The number of ketones is 1. The maximum absolute atomic E-state index is 14.4. The Balaban J connectivity index is 1.58. The smallest absolute Gasteiger partial charge is 0.241 e. The van der Waals surface area contributed by atoms with Crippen LogP contribution in [-0.4, -0.2) is 55.9 Å². The first-order chi connectivity index (χ1) is 13.5. The molecule has 0 aromatic heterocycles. The largest absolute Gasteiger partial charge is 0.367 e. The summed E-state index contributed by atoms with van der Waals surface area (Å²) in [5.74, 6) is -0.453. The van der Waals surface area contributed by atoms with Gasteiger partial charge in [-0.05, 0) is 44.2 Å². The topological polar surface area (TPSA) is 43.9 Å². The van der Waals surface area contributed by atoms with E-state index in [0.717, 1.165) is 5.69 Å². The molecule has 1 aliphatic heterocycles. The second-order valence-electron chi connectivity index (χ2n) is 6.96. The van der Waals surface area contributed by atoms with Crippen molar-refractivity contribution in [3.05, 3.63) is 59.9 Å². The summed E-state index contributed by atoms with van der Waals surface area (Å²) >= 11 is 0. The number of amides is 1. The first-order valence-corrected chi connectivity index (χ1v) is 9.62. The standard InChI is InChI=1S/C22H26FN3O2/c1-3-26(19-7-5-4-6-8-19)22(28)16-24-11-13-25(14-12-24)21-10-9-18(17(2)27)15-20(21)23/h4-10,15H,3,11-14,16H2,1-2H3. The van der Waals surface area contributed by atoms with Gasteiger partial charge in [-0.3, -0.25) is 14.5 Å². The van der Waals surface area contributed by atoms with Crippen molar-refractivity contribution in [3.8, 4) is 0 Å². The van der Waals surface area contributed by atoms with E-state index in [-0.39, 0.29) is 17.5 Å². The molecule has 0 saturated carbocycles. The van der Waals surface area contributed by atoms with Gasteiger partial charge < -0.3 is 9.80 Å². The maximum atomic E-state index is 14.4. The molecule has 0 atom stereocenters. The van der Waals surface area contributed by atoms with Gasteiger partial charge in [0.25, 0.3) is 0 Å². The maximum Gasteiger partial charge on any atom is 0.241 e. The van der Waals surface area contributed by atoms with Gasteiger partial charge in [0.15, 0.2) is 5.78 Å².